The van der Waals surface area contributed by atoms with Crippen LogP contribution < -0.4 is 10.6 Å². The summed E-state index contributed by atoms with van der Waals surface area (Å²) in [7, 11) is 0. The predicted octanol–water partition coefficient (Wildman–Crippen LogP) is 1.96. The summed E-state index contributed by atoms with van der Waals surface area (Å²) in [6.07, 6.45) is 2.30. The van der Waals surface area contributed by atoms with Gasteiger partial charge in [0.25, 0.3) is 0 Å². The van der Waals surface area contributed by atoms with E-state index in [0.717, 1.165) is 18.3 Å². The Morgan fingerprint density at radius 1 is 1.41 bits per heavy atom. The average Bonchev–Trinajstić information content (AvgIpc) is 3.07. The van der Waals surface area contributed by atoms with Gasteiger partial charge in [-0.15, -0.1) is 0 Å². The van der Waals surface area contributed by atoms with Crippen molar-refractivity contribution in [1.82, 2.24) is 25.8 Å². The molecule has 0 bridgehead atoms. The molecular formula is C15H24N6O. The first-order valence-corrected chi connectivity index (χ1v) is 7.49. The summed E-state index contributed by atoms with van der Waals surface area (Å²) in [5.41, 5.74) is -0.0281. The Morgan fingerprint density at radius 2 is 2.23 bits per heavy atom. The van der Waals surface area contributed by atoms with Crippen LogP contribution in [0.3, 0.4) is 0 Å². The summed E-state index contributed by atoms with van der Waals surface area (Å²) in [4.78, 5) is 8.95. The maximum absolute atomic E-state index is 5.27. The van der Waals surface area contributed by atoms with Crippen molar-refractivity contribution in [1.29, 1.82) is 0 Å². The van der Waals surface area contributed by atoms with E-state index in [9.17, 15) is 0 Å². The van der Waals surface area contributed by atoms with Gasteiger partial charge in [-0.05, 0) is 39.8 Å². The summed E-state index contributed by atoms with van der Waals surface area (Å²) >= 11 is 0. The zero-order valence-corrected chi connectivity index (χ0v) is 13.6. The number of furan rings is 1. The minimum absolute atomic E-state index is 0.0281. The zero-order valence-electron chi connectivity index (χ0n) is 13.6. The number of guanidine groups is 1. The maximum Gasteiger partial charge on any atom is 0.216 e. The molecule has 0 unspecified atom stereocenters. The Bertz CT molecular complexity index is 594. The lowest BCUT2D eigenvalue weighted by Crippen LogP contribution is -2.47. The maximum atomic E-state index is 5.27. The molecule has 0 aliphatic rings. The third kappa shape index (κ3) is 4.91. The highest BCUT2D eigenvalue weighted by molar-refractivity contribution is 5.80. The van der Waals surface area contributed by atoms with Gasteiger partial charge in [0, 0.05) is 25.0 Å². The predicted molar refractivity (Wildman–Crippen MR) is 86.7 cm³/mol. The summed E-state index contributed by atoms with van der Waals surface area (Å²) < 4.78 is 5.27. The molecule has 2 aromatic heterocycles. The van der Waals surface area contributed by atoms with Crippen LogP contribution in [-0.2, 0) is 6.42 Å². The van der Waals surface area contributed by atoms with Crippen molar-refractivity contribution >= 4 is 5.96 Å². The third-order valence-electron chi connectivity index (χ3n) is 2.73. The number of hydrogen-bond acceptors (Lipinski definition) is 4. The van der Waals surface area contributed by atoms with Crippen LogP contribution in [0.1, 0.15) is 33.5 Å². The molecule has 120 valence electrons. The van der Waals surface area contributed by atoms with Gasteiger partial charge in [0.1, 0.15) is 5.82 Å². The molecule has 0 atom stereocenters. The number of rotatable bonds is 5. The molecule has 0 saturated carbocycles. The molecule has 0 fully saturated rings. The van der Waals surface area contributed by atoms with Gasteiger partial charge in [-0.2, -0.15) is 5.10 Å². The Kier molecular flexibility index (Phi) is 5.19. The SMILES string of the molecule is CCNC(=NCCc1nc(-c2ccco2)n[nH]1)NC(C)(C)C. The second kappa shape index (κ2) is 7.11. The van der Waals surface area contributed by atoms with Crippen molar-refractivity contribution in [3.05, 3.63) is 24.2 Å². The van der Waals surface area contributed by atoms with E-state index < -0.39 is 0 Å². The van der Waals surface area contributed by atoms with Crippen LogP contribution in [0.4, 0.5) is 0 Å². The summed E-state index contributed by atoms with van der Waals surface area (Å²) in [6.45, 7) is 9.81. The summed E-state index contributed by atoms with van der Waals surface area (Å²) in [5.74, 6) is 2.83. The Hall–Kier alpha value is -2.31. The number of H-pyrrole nitrogens is 1. The van der Waals surface area contributed by atoms with Gasteiger partial charge in [-0.1, -0.05) is 0 Å². The van der Waals surface area contributed by atoms with E-state index in [0.29, 0.717) is 24.6 Å². The fourth-order valence-corrected chi connectivity index (χ4v) is 1.86. The molecule has 0 aromatic carbocycles. The van der Waals surface area contributed by atoms with Crippen molar-refractivity contribution < 1.29 is 4.42 Å². The van der Waals surface area contributed by atoms with Crippen molar-refractivity contribution in [2.75, 3.05) is 13.1 Å². The molecular weight excluding hydrogens is 280 g/mol. The van der Waals surface area contributed by atoms with E-state index in [4.69, 9.17) is 4.42 Å². The quantitative estimate of drug-likeness (QED) is 0.580. The van der Waals surface area contributed by atoms with Crippen LogP contribution in [-0.4, -0.2) is 39.8 Å². The summed E-state index contributed by atoms with van der Waals surface area (Å²) in [6, 6.07) is 3.65. The number of aromatic nitrogens is 3. The smallest absolute Gasteiger partial charge is 0.216 e. The molecule has 0 aliphatic carbocycles. The number of nitrogens with one attached hydrogen (secondary N) is 3. The number of hydrogen-bond donors (Lipinski definition) is 3. The van der Waals surface area contributed by atoms with Crippen molar-refractivity contribution in [2.24, 2.45) is 4.99 Å². The Morgan fingerprint density at radius 3 is 2.86 bits per heavy atom. The molecule has 7 heteroatoms. The monoisotopic (exact) mass is 304 g/mol. The molecule has 0 radical (unpaired) electrons. The Labute approximate surface area is 130 Å². The van der Waals surface area contributed by atoms with Gasteiger partial charge in [0.05, 0.1) is 6.26 Å². The van der Waals surface area contributed by atoms with Gasteiger partial charge in [-0.25, -0.2) is 4.98 Å². The first kappa shape index (κ1) is 16.1. The molecule has 2 rings (SSSR count). The lowest BCUT2D eigenvalue weighted by molar-refractivity contribution is 0.501. The molecule has 0 aliphatic heterocycles. The Balaban J connectivity index is 1.92. The van der Waals surface area contributed by atoms with Crippen LogP contribution in [0.2, 0.25) is 0 Å². The van der Waals surface area contributed by atoms with E-state index in [1.165, 1.54) is 0 Å². The lowest BCUT2D eigenvalue weighted by atomic mass is 10.1. The van der Waals surface area contributed by atoms with Crippen LogP contribution in [0.15, 0.2) is 27.8 Å². The zero-order chi connectivity index (χ0) is 16.0. The van der Waals surface area contributed by atoms with Gasteiger partial charge in [0.15, 0.2) is 11.7 Å². The van der Waals surface area contributed by atoms with Crippen LogP contribution in [0, 0.1) is 0 Å². The van der Waals surface area contributed by atoms with Crippen LogP contribution in [0.5, 0.6) is 0 Å². The molecule has 2 aromatic rings. The van der Waals surface area contributed by atoms with Gasteiger partial charge in [0.2, 0.25) is 5.82 Å². The largest absolute Gasteiger partial charge is 0.461 e. The van der Waals surface area contributed by atoms with Crippen molar-refractivity contribution in [2.45, 2.75) is 39.7 Å². The van der Waals surface area contributed by atoms with E-state index in [1.54, 1.807) is 6.26 Å². The van der Waals surface area contributed by atoms with Crippen molar-refractivity contribution in [3.63, 3.8) is 0 Å². The topological polar surface area (TPSA) is 91.1 Å². The van der Waals surface area contributed by atoms with Crippen LogP contribution >= 0.6 is 0 Å². The molecule has 0 amide bonds. The molecule has 7 nitrogen and oxygen atoms in total. The van der Waals surface area contributed by atoms with E-state index in [2.05, 4.69) is 51.6 Å². The lowest BCUT2D eigenvalue weighted by Gasteiger charge is -2.23. The fraction of sp³-hybridized carbons (Fsp3) is 0.533. The number of aliphatic imine (C=N–C) groups is 1. The van der Waals surface area contributed by atoms with E-state index in [1.807, 2.05) is 19.1 Å². The fourth-order valence-electron chi connectivity index (χ4n) is 1.86. The van der Waals surface area contributed by atoms with E-state index >= 15 is 0 Å². The van der Waals surface area contributed by atoms with Gasteiger partial charge >= 0.3 is 0 Å². The summed E-state index contributed by atoms with van der Waals surface area (Å²) in [5, 5.41) is 13.6. The molecule has 22 heavy (non-hydrogen) atoms. The molecule has 0 spiro atoms. The normalized spacial score (nSPS) is 12.5. The molecule has 3 N–H and O–H groups in total. The first-order chi connectivity index (χ1) is 10.5. The van der Waals surface area contributed by atoms with Crippen LogP contribution in [0.25, 0.3) is 11.6 Å². The molecule has 0 saturated heterocycles. The number of aromatic amines is 1. The minimum Gasteiger partial charge on any atom is -0.461 e. The highest BCUT2D eigenvalue weighted by atomic mass is 16.3. The van der Waals surface area contributed by atoms with Gasteiger partial charge in [-0.3, -0.25) is 10.1 Å². The standard InChI is InChI=1S/C15H24N6O/c1-5-16-14(19-15(2,3)4)17-9-8-12-18-13(21-20-12)11-7-6-10-22-11/h6-7,10H,5,8-9H2,1-4H3,(H2,16,17,19)(H,18,20,21). The van der Waals surface area contributed by atoms with E-state index in [-0.39, 0.29) is 5.54 Å². The second-order valence-corrected chi connectivity index (χ2v) is 5.97. The molecule has 2 heterocycles. The highest BCUT2D eigenvalue weighted by Gasteiger charge is 2.12. The first-order valence-electron chi connectivity index (χ1n) is 7.49. The van der Waals surface area contributed by atoms with Gasteiger partial charge < -0.3 is 15.1 Å². The number of nitrogens with zero attached hydrogens (tertiary/aromatic N) is 3. The minimum atomic E-state index is -0.0281. The third-order valence-corrected chi connectivity index (χ3v) is 2.73. The second-order valence-electron chi connectivity index (χ2n) is 5.97. The highest BCUT2D eigenvalue weighted by Crippen LogP contribution is 2.14. The van der Waals surface area contributed by atoms with Crippen molar-refractivity contribution in [3.8, 4) is 11.6 Å². The average molecular weight is 304 g/mol.